The lowest BCUT2D eigenvalue weighted by Crippen LogP contribution is -2.40. The number of carbonyl (C=O) groups excluding carboxylic acids is 1. The van der Waals surface area contributed by atoms with Crippen molar-refractivity contribution in [3.8, 4) is 0 Å². The van der Waals surface area contributed by atoms with Crippen LogP contribution in [-0.2, 0) is 21.3 Å². The Kier molecular flexibility index (Phi) is 6.52. The van der Waals surface area contributed by atoms with Gasteiger partial charge in [-0.15, -0.1) is 0 Å². The summed E-state index contributed by atoms with van der Waals surface area (Å²) in [6, 6.07) is 10.8. The number of fused-ring (bicyclic) bond motifs is 1. The van der Waals surface area contributed by atoms with Crippen molar-refractivity contribution < 1.29 is 17.9 Å². The SMILES string of the molecule is CCn1c(C(C)NS(=O)(=O)c2ccc(Cl)cc2)nc2ccc(C(=O)N3CCOCC3)cc21. The molecule has 1 saturated heterocycles. The summed E-state index contributed by atoms with van der Waals surface area (Å²) in [5.41, 5.74) is 2.08. The topological polar surface area (TPSA) is 93.5 Å². The number of benzene rings is 2. The first-order chi connectivity index (χ1) is 15.3. The molecule has 1 aliphatic heterocycles. The van der Waals surface area contributed by atoms with Gasteiger partial charge in [-0.2, -0.15) is 0 Å². The van der Waals surface area contributed by atoms with E-state index >= 15 is 0 Å². The normalized spacial score (nSPS) is 15.8. The standard InChI is InChI=1S/C22H25ClN4O4S/c1-3-27-20-14-16(22(28)26-10-12-31-13-11-26)4-9-19(20)24-21(27)15(2)25-32(29,30)18-7-5-17(23)6-8-18/h4-9,14-15,25H,3,10-13H2,1-2H3. The van der Waals surface area contributed by atoms with Crippen molar-refractivity contribution in [3.05, 3.63) is 58.9 Å². The van der Waals surface area contributed by atoms with Crippen molar-refractivity contribution in [2.75, 3.05) is 26.3 Å². The minimum Gasteiger partial charge on any atom is -0.378 e. The molecule has 2 heterocycles. The second-order valence-electron chi connectivity index (χ2n) is 7.62. The maximum Gasteiger partial charge on any atom is 0.254 e. The second kappa shape index (κ2) is 9.19. The maximum atomic E-state index is 12.9. The first-order valence-corrected chi connectivity index (χ1v) is 12.3. The maximum absolute atomic E-state index is 12.9. The summed E-state index contributed by atoms with van der Waals surface area (Å²) in [6.45, 7) is 6.50. The van der Waals surface area contributed by atoms with Crippen LogP contribution in [0.3, 0.4) is 0 Å². The fourth-order valence-corrected chi connectivity index (χ4v) is 5.18. The number of hydrogen-bond donors (Lipinski definition) is 1. The number of aryl methyl sites for hydroxylation is 1. The third kappa shape index (κ3) is 4.52. The van der Waals surface area contributed by atoms with E-state index in [2.05, 4.69) is 9.71 Å². The Morgan fingerprint density at radius 2 is 1.88 bits per heavy atom. The number of morpholine rings is 1. The molecular weight excluding hydrogens is 452 g/mol. The summed E-state index contributed by atoms with van der Waals surface area (Å²) < 4.78 is 35.6. The Morgan fingerprint density at radius 1 is 1.19 bits per heavy atom. The van der Waals surface area contributed by atoms with Crippen LogP contribution in [-0.4, -0.2) is 55.1 Å². The van der Waals surface area contributed by atoms with Crippen molar-refractivity contribution in [2.45, 2.75) is 31.3 Å². The third-order valence-corrected chi connectivity index (χ3v) is 7.29. The summed E-state index contributed by atoms with van der Waals surface area (Å²) in [4.78, 5) is 19.5. The van der Waals surface area contributed by atoms with Gasteiger partial charge in [0.2, 0.25) is 10.0 Å². The molecule has 1 amide bonds. The van der Waals surface area contributed by atoms with Crippen molar-refractivity contribution in [1.82, 2.24) is 19.2 Å². The van der Waals surface area contributed by atoms with Crippen molar-refractivity contribution >= 4 is 38.6 Å². The fourth-order valence-electron chi connectivity index (χ4n) is 3.85. The quantitative estimate of drug-likeness (QED) is 0.589. The summed E-state index contributed by atoms with van der Waals surface area (Å²) in [7, 11) is -3.76. The zero-order valence-electron chi connectivity index (χ0n) is 17.9. The van der Waals surface area contributed by atoms with Crippen LogP contribution in [0.1, 0.15) is 36.1 Å². The Bertz CT molecular complexity index is 1230. The Labute approximate surface area is 192 Å². The van der Waals surface area contributed by atoms with Gasteiger partial charge in [0, 0.05) is 30.2 Å². The van der Waals surface area contributed by atoms with Crippen LogP contribution in [0, 0.1) is 0 Å². The second-order valence-corrected chi connectivity index (χ2v) is 9.77. The molecule has 32 heavy (non-hydrogen) atoms. The van der Waals surface area contributed by atoms with Gasteiger partial charge in [0.25, 0.3) is 5.91 Å². The summed E-state index contributed by atoms with van der Waals surface area (Å²) >= 11 is 5.87. The number of carbonyl (C=O) groups is 1. The van der Waals surface area contributed by atoms with Crippen molar-refractivity contribution in [2.24, 2.45) is 0 Å². The molecule has 0 bridgehead atoms. The number of ether oxygens (including phenoxy) is 1. The molecule has 1 fully saturated rings. The Balaban J connectivity index is 1.63. The molecule has 3 aromatic rings. The van der Waals surface area contributed by atoms with Gasteiger partial charge in [0.05, 0.1) is 35.2 Å². The highest BCUT2D eigenvalue weighted by atomic mass is 35.5. The lowest BCUT2D eigenvalue weighted by atomic mass is 10.1. The molecule has 10 heteroatoms. The van der Waals surface area contributed by atoms with Gasteiger partial charge in [-0.05, 0) is 56.3 Å². The van der Waals surface area contributed by atoms with Gasteiger partial charge < -0.3 is 14.2 Å². The van der Waals surface area contributed by atoms with E-state index in [4.69, 9.17) is 16.3 Å². The molecule has 0 aliphatic carbocycles. The van der Waals surface area contributed by atoms with Gasteiger partial charge >= 0.3 is 0 Å². The molecule has 1 aliphatic rings. The summed E-state index contributed by atoms with van der Waals surface area (Å²) in [6.07, 6.45) is 0. The highest BCUT2D eigenvalue weighted by Gasteiger charge is 2.24. The van der Waals surface area contributed by atoms with Gasteiger partial charge in [-0.1, -0.05) is 11.6 Å². The van der Waals surface area contributed by atoms with Crippen LogP contribution in [0.5, 0.6) is 0 Å². The highest BCUT2D eigenvalue weighted by molar-refractivity contribution is 7.89. The van der Waals surface area contributed by atoms with E-state index in [0.29, 0.717) is 54.8 Å². The van der Waals surface area contributed by atoms with Crippen LogP contribution in [0.25, 0.3) is 11.0 Å². The number of nitrogens with zero attached hydrogens (tertiary/aromatic N) is 3. The molecule has 0 saturated carbocycles. The zero-order valence-corrected chi connectivity index (χ0v) is 19.5. The zero-order chi connectivity index (χ0) is 22.9. The molecule has 170 valence electrons. The lowest BCUT2D eigenvalue weighted by Gasteiger charge is -2.26. The van der Waals surface area contributed by atoms with E-state index in [1.54, 1.807) is 24.0 Å². The number of hydrogen-bond acceptors (Lipinski definition) is 5. The molecule has 4 rings (SSSR count). The number of aromatic nitrogens is 2. The number of imidazole rings is 1. The van der Waals surface area contributed by atoms with E-state index < -0.39 is 16.1 Å². The fraction of sp³-hybridized carbons (Fsp3) is 0.364. The van der Waals surface area contributed by atoms with E-state index in [0.717, 1.165) is 5.52 Å². The van der Waals surface area contributed by atoms with E-state index in [1.165, 1.54) is 24.3 Å². The number of amides is 1. The molecule has 8 nitrogen and oxygen atoms in total. The van der Waals surface area contributed by atoms with E-state index in [9.17, 15) is 13.2 Å². The van der Waals surface area contributed by atoms with Crippen LogP contribution < -0.4 is 4.72 Å². The van der Waals surface area contributed by atoms with Crippen molar-refractivity contribution in [1.29, 1.82) is 0 Å². The number of halogens is 1. The minimum absolute atomic E-state index is 0.0444. The van der Waals surface area contributed by atoms with Gasteiger partial charge in [-0.25, -0.2) is 18.1 Å². The monoisotopic (exact) mass is 476 g/mol. The van der Waals surface area contributed by atoms with Crippen LogP contribution in [0.2, 0.25) is 5.02 Å². The third-order valence-electron chi connectivity index (χ3n) is 5.48. The largest absolute Gasteiger partial charge is 0.378 e. The van der Waals surface area contributed by atoms with Gasteiger partial charge in [0.1, 0.15) is 5.82 Å². The average molecular weight is 477 g/mol. The van der Waals surface area contributed by atoms with Gasteiger partial charge in [-0.3, -0.25) is 4.79 Å². The number of sulfonamides is 1. The van der Waals surface area contributed by atoms with E-state index in [1.807, 2.05) is 17.6 Å². The number of nitrogens with one attached hydrogen (secondary N) is 1. The molecule has 1 N–H and O–H groups in total. The highest BCUT2D eigenvalue weighted by Crippen LogP contribution is 2.24. The number of rotatable bonds is 6. The van der Waals surface area contributed by atoms with Crippen LogP contribution in [0.15, 0.2) is 47.4 Å². The smallest absolute Gasteiger partial charge is 0.254 e. The van der Waals surface area contributed by atoms with Crippen LogP contribution >= 0.6 is 11.6 Å². The van der Waals surface area contributed by atoms with Crippen molar-refractivity contribution in [3.63, 3.8) is 0 Å². The predicted octanol–water partition coefficient (Wildman–Crippen LogP) is 3.22. The molecule has 0 spiro atoms. The Morgan fingerprint density at radius 3 is 2.53 bits per heavy atom. The molecule has 2 aromatic carbocycles. The molecular formula is C22H25ClN4O4S. The molecule has 0 radical (unpaired) electrons. The first kappa shape index (κ1) is 22.7. The van der Waals surface area contributed by atoms with E-state index in [-0.39, 0.29) is 10.8 Å². The van der Waals surface area contributed by atoms with Crippen LogP contribution in [0.4, 0.5) is 0 Å². The molecule has 1 aromatic heterocycles. The lowest BCUT2D eigenvalue weighted by molar-refractivity contribution is 0.0303. The Hall–Kier alpha value is -2.46. The van der Waals surface area contributed by atoms with Gasteiger partial charge in [0.15, 0.2) is 0 Å². The summed E-state index contributed by atoms with van der Waals surface area (Å²) in [5.74, 6) is 0.535. The minimum atomic E-state index is -3.76. The molecule has 1 unspecified atom stereocenters. The molecule has 1 atom stereocenters. The summed E-state index contributed by atoms with van der Waals surface area (Å²) in [5, 5.41) is 0.465. The first-order valence-electron chi connectivity index (χ1n) is 10.4. The predicted molar refractivity (Wildman–Crippen MR) is 122 cm³/mol. The average Bonchev–Trinajstić information content (AvgIpc) is 3.17.